The first-order chi connectivity index (χ1) is 8.97. The zero-order chi connectivity index (χ0) is 14.0. The molecule has 100 valence electrons. The van der Waals surface area contributed by atoms with Crippen molar-refractivity contribution in [3.05, 3.63) is 62.8 Å². The standard InChI is InChI=1S/C13H8BrClF3N/c14-10-3-8(15)2-1-7(10)6-19-13-11(17)4-9(16)5-12(13)18/h1-5,19H,6H2. The Labute approximate surface area is 121 Å². The lowest BCUT2D eigenvalue weighted by Gasteiger charge is -2.10. The molecule has 0 unspecified atom stereocenters. The van der Waals surface area contributed by atoms with E-state index in [1.54, 1.807) is 18.2 Å². The molecule has 0 saturated carbocycles. The van der Waals surface area contributed by atoms with E-state index in [1.807, 2.05) is 0 Å². The van der Waals surface area contributed by atoms with E-state index in [2.05, 4.69) is 21.2 Å². The average molecular weight is 351 g/mol. The Hall–Kier alpha value is -1.20. The largest absolute Gasteiger partial charge is 0.376 e. The van der Waals surface area contributed by atoms with Crippen molar-refractivity contribution in [2.45, 2.75) is 6.54 Å². The fraction of sp³-hybridized carbons (Fsp3) is 0.0769. The second-order valence-electron chi connectivity index (χ2n) is 3.83. The Morgan fingerprint density at radius 1 is 1.05 bits per heavy atom. The van der Waals surface area contributed by atoms with Crippen LogP contribution in [0.3, 0.4) is 0 Å². The molecule has 0 heterocycles. The van der Waals surface area contributed by atoms with Crippen molar-refractivity contribution in [2.24, 2.45) is 0 Å². The topological polar surface area (TPSA) is 12.0 Å². The lowest BCUT2D eigenvalue weighted by atomic mass is 10.2. The lowest BCUT2D eigenvalue weighted by Crippen LogP contribution is -2.05. The summed E-state index contributed by atoms with van der Waals surface area (Å²) in [7, 11) is 0. The summed E-state index contributed by atoms with van der Waals surface area (Å²) in [6.45, 7) is 0.178. The SMILES string of the molecule is Fc1cc(F)c(NCc2ccc(Cl)cc2Br)c(F)c1. The van der Waals surface area contributed by atoms with Crippen molar-refractivity contribution in [2.75, 3.05) is 5.32 Å². The highest BCUT2D eigenvalue weighted by Gasteiger charge is 2.11. The molecule has 2 aromatic carbocycles. The Kier molecular flexibility index (Phi) is 4.37. The Bertz CT molecular complexity index is 596. The molecule has 0 bridgehead atoms. The molecule has 0 amide bonds. The van der Waals surface area contributed by atoms with Gasteiger partial charge in [-0.25, -0.2) is 13.2 Å². The summed E-state index contributed by atoms with van der Waals surface area (Å²) in [6, 6.07) is 6.32. The van der Waals surface area contributed by atoms with E-state index >= 15 is 0 Å². The fourth-order valence-electron chi connectivity index (χ4n) is 1.56. The van der Waals surface area contributed by atoms with Crippen LogP contribution in [-0.2, 0) is 6.54 Å². The molecule has 0 radical (unpaired) electrons. The number of anilines is 1. The van der Waals surface area contributed by atoms with E-state index in [9.17, 15) is 13.2 Å². The van der Waals surface area contributed by atoms with Gasteiger partial charge in [0.2, 0.25) is 0 Å². The third-order valence-electron chi connectivity index (χ3n) is 2.48. The molecule has 1 nitrogen and oxygen atoms in total. The van der Waals surface area contributed by atoms with E-state index in [0.717, 1.165) is 10.0 Å². The first-order valence-electron chi connectivity index (χ1n) is 5.29. The quantitative estimate of drug-likeness (QED) is 0.809. The summed E-state index contributed by atoms with van der Waals surface area (Å²) in [5.41, 5.74) is 0.413. The van der Waals surface area contributed by atoms with E-state index in [4.69, 9.17) is 11.6 Å². The number of nitrogens with one attached hydrogen (secondary N) is 1. The molecule has 0 fully saturated rings. The predicted octanol–water partition coefficient (Wildman–Crippen LogP) is 5.13. The fourth-order valence-corrected chi connectivity index (χ4v) is 2.38. The van der Waals surface area contributed by atoms with Crippen molar-refractivity contribution in [1.82, 2.24) is 0 Å². The predicted molar refractivity (Wildman–Crippen MR) is 72.8 cm³/mol. The van der Waals surface area contributed by atoms with Crippen molar-refractivity contribution in [1.29, 1.82) is 0 Å². The lowest BCUT2D eigenvalue weighted by molar-refractivity contribution is 0.547. The van der Waals surface area contributed by atoms with Gasteiger partial charge in [0.05, 0.1) is 0 Å². The highest BCUT2D eigenvalue weighted by Crippen LogP contribution is 2.24. The van der Waals surface area contributed by atoms with Crippen LogP contribution in [0.5, 0.6) is 0 Å². The number of rotatable bonds is 3. The molecule has 0 aliphatic rings. The summed E-state index contributed by atoms with van der Waals surface area (Å²) in [5, 5.41) is 3.15. The van der Waals surface area contributed by atoms with Crippen LogP contribution in [0.15, 0.2) is 34.8 Å². The van der Waals surface area contributed by atoms with Gasteiger partial charge in [-0.2, -0.15) is 0 Å². The molecular weight excluding hydrogens is 343 g/mol. The van der Waals surface area contributed by atoms with Gasteiger partial charge in [0.1, 0.15) is 11.5 Å². The van der Waals surface area contributed by atoms with Gasteiger partial charge in [-0.05, 0) is 17.7 Å². The monoisotopic (exact) mass is 349 g/mol. The second kappa shape index (κ2) is 5.84. The van der Waals surface area contributed by atoms with Crippen molar-refractivity contribution in [3.8, 4) is 0 Å². The van der Waals surface area contributed by atoms with Crippen LogP contribution in [0.25, 0.3) is 0 Å². The first kappa shape index (κ1) is 14.2. The van der Waals surface area contributed by atoms with Crippen molar-refractivity contribution >= 4 is 33.2 Å². The number of hydrogen-bond acceptors (Lipinski definition) is 1. The summed E-state index contributed by atoms with van der Waals surface area (Å²) < 4.78 is 40.3. The van der Waals surface area contributed by atoms with Crippen LogP contribution in [0, 0.1) is 17.5 Å². The van der Waals surface area contributed by atoms with E-state index < -0.39 is 17.5 Å². The van der Waals surface area contributed by atoms with Crippen LogP contribution >= 0.6 is 27.5 Å². The normalized spacial score (nSPS) is 10.6. The summed E-state index contributed by atoms with van der Waals surface area (Å²) in [4.78, 5) is 0. The molecule has 6 heteroatoms. The summed E-state index contributed by atoms with van der Waals surface area (Å²) >= 11 is 9.09. The number of hydrogen-bond donors (Lipinski definition) is 1. The molecule has 2 aromatic rings. The van der Waals surface area contributed by atoms with Gasteiger partial charge in [-0.1, -0.05) is 33.6 Å². The minimum atomic E-state index is -0.970. The van der Waals surface area contributed by atoms with Crippen LogP contribution < -0.4 is 5.32 Å². The average Bonchev–Trinajstić information content (AvgIpc) is 2.30. The third kappa shape index (κ3) is 3.42. The van der Waals surface area contributed by atoms with Crippen LogP contribution in [0.1, 0.15) is 5.56 Å². The zero-order valence-corrected chi connectivity index (χ0v) is 11.8. The molecule has 1 N–H and O–H groups in total. The van der Waals surface area contributed by atoms with Crippen molar-refractivity contribution < 1.29 is 13.2 Å². The highest BCUT2D eigenvalue weighted by atomic mass is 79.9. The van der Waals surface area contributed by atoms with E-state index in [0.29, 0.717) is 17.2 Å². The molecular formula is C13H8BrClF3N. The highest BCUT2D eigenvalue weighted by molar-refractivity contribution is 9.10. The molecule has 0 aromatic heterocycles. The van der Waals surface area contributed by atoms with Gasteiger partial charge in [-0.3, -0.25) is 0 Å². The Balaban J connectivity index is 2.19. The second-order valence-corrected chi connectivity index (χ2v) is 5.12. The van der Waals surface area contributed by atoms with Gasteiger partial charge in [0.15, 0.2) is 11.6 Å². The Morgan fingerprint density at radius 3 is 2.26 bits per heavy atom. The van der Waals surface area contributed by atoms with E-state index in [-0.39, 0.29) is 12.2 Å². The summed E-state index contributed by atoms with van der Waals surface area (Å²) in [6.07, 6.45) is 0. The van der Waals surface area contributed by atoms with Gasteiger partial charge in [-0.15, -0.1) is 0 Å². The molecule has 0 spiro atoms. The number of benzene rings is 2. The molecule has 0 atom stereocenters. The third-order valence-corrected chi connectivity index (χ3v) is 3.45. The molecule has 19 heavy (non-hydrogen) atoms. The zero-order valence-electron chi connectivity index (χ0n) is 9.48. The minimum absolute atomic E-state index is 0.178. The van der Waals surface area contributed by atoms with Crippen LogP contribution in [0.2, 0.25) is 5.02 Å². The maximum absolute atomic E-state index is 13.4. The maximum Gasteiger partial charge on any atom is 0.152 e. The van der Waals surface area contributed by atoms with Gasteiger partial charge in [0, 0.05) is 28.2 Å². The van der Waals surface area contributed by atoms with Crippen LogP contribution in [0.4, 0.5) is 18.9 Å². The van der Waals surface area contributed by atoms with Gasteiger partial charge >= 0.3 is 0 Å². The van der Waals surface area contributed by atoms with Crippen LogP contribution in [-0.4, -0.2) is 0 Å². The van der Waals surface area contributed by atoms with Gasteiger partial charge in [0.25, 0.3) is 0 Å². The molecule has 0 aliphatic heterocycles. The number of halogens is 5. The smallest absolute Gasteiger partial charge is 0.152 e. The van der Waals surface area contributed by atoms with Gasteiger partial charge < -0.3 is 5.32 Å². The Morgan fingerprint density at radius 2 is 1.68 bits per heavy atom. The molecule has 2 rings (SSSR count). The first-order valence-corrected chi connectivity index (χ1v) is 6.47. The van der Waals surface area contributed by atoms with Crippen molar-refractivity contribution in [3.63, 3.8) is 0 Å². The maximum atomic E-state index is 13.4. The molecule has 0 aliphatic carbocycles. The summed E-state index contributed by atoms with van der Waals surface area (Å²) in [5.74, 6) is -2.89. The van der Waals surface area contributed by atoms with E-state index in [1.165, 1.54) is 0 Å². The molecule has 0 saturated heterocycles. The minimum Gasteiger partial charge on any atom is -0.376 e.